The highest BCUT2D eigenvalue weighted by Gasteiger charge is 2.28. The normalized spacial score (nSPS) is 12.6. The van der Waals surface area contributed by atoms with Crippen LogP contribution in [0.5, 0.6) is 0 Å². The minimum absolute atomic E-state index is 0.221. The van der Waals surface area contributed by atoms with Crippen molar-refractivity contribution in [1.82, 2.24) is 5.32 Å². The fourth-order valence-corrected chi connectivity index (χ4v) is 2.32. The van der Waals surface area contributed by atoms with Gasteiger partial charge in [-0.25, -0.2) is 0 Å². The highest BCUT2D eigenvalue weighted by molar-refractivity contribution is 7.58. The molecule has 0 aliphatic carbocycles. The van der Waals surface area contributed by atoms with Crippen LogP contribution in [-0.4, -0.2) is 20.1 Å². The van der Waals surface area contributed by atoms with E-state index in [0.29, 0.717) is 0 Å². The molecular weight excluding hydrogens is 229 g/mol. The van der Waals surface area contributed by atoms with E-state index in [1.807, 2.05) is 0 Å². The van der Waals surface area contributed by atoms with Gasteiger partial charge in [0, 0.05) is 21.1 Å². The Morgan fingerprint density at radius 1 is 1.38 bits per heavy atom. The molecule has 0 aromatic heterocycles. The van der Waals surface area contributed by atoms with E-state index in [1.54, 1.807) is 6.08 Å². The Bertz CT molecular complexity index is 293. The molecule has 0 aromatic carbocycles. The number of carbonyl (C=O) groups is 1. The molecule has 0 radical (unpaired) electrons. The Balaban J connectivity index is 4.84. The fraction of sp³-hybridized carbons (Fsp3) is 0.700. The average Bonchev–Trinajstić information content (AvgIpc) is 2.26. The van der Waals surface area contributed by atoms with Crippen molar-refractivity contribution in [2.45, 2.75) is 33.1 Å². The van der Waals surface area contributed by atoms with Crippen LogP contribution < -0.4 is 5.32 Å². The first kappa shape index (κ1) is 15.4. The lowest BCUT2D eigenvalue weighted by molar-refractivity contribution is -0.118. The van der Waals surface area contributed by atoms with Gasteiger partial charge >= 0.3 is 7.60 Å². The van der Waals surface area contributed by atoms with Crippen molar-refractivity contribution in [1.29, 1.82) is 0 Å². The highest BCUT2D eigenvalue weighted by Crippen LogP contribution is 2.53. The number of hydrogen-bond acceptors (Lipinski definition) is 4. The van der Waals surface area contributed by atoms with Crippen molar-refractivity contribution in [3.8, 4) is 0 Å². The summed E-state index contributed by atoms with van der Waals surface area (Å²) in [6.45, 7) is 3.40. The van der Waals surface area contributed by atoms with Gasteiger partial charge in [0.25, 0.3) is 0 Å². The number of amides is 1. The van der Waals surface area contributed by atoms with Crippen LogP contribution in [0.4, 0.5) is 0 Å². The second-order valence-electron chi connectivity index (χ2n) is 3.28. The molecule has 0 bridgehead atoms. The molecule has 0 spiro atoms. The minimum atomic E-state index is -3.36. The minimum Gasteiger partial charge on any atom is -0.320 e. The summed E-state index contributed by atoms with van der Waals surface area (Å²) in [6.07, 6.45) is 4.39. The number of rotatable bonds is 7. The zero-order valence-corrected chi connectivity index (χ0v) is 11.2. The molecule has 0 rings (SSSR count). The van der Waals surface area contributed by atoms with Crippen LogP contribution in [-0.2, 0) is 18.4 Å². The third-order valence-electron chi connectivity index (χ3n) is 1.98. The van der Waals surface area contributed by atoms with Gasteiger partial charge in [-0.2, -0.15) is 0 Å². The zero-order valence-electron chi connectivity index (χ0n) is 10.3. The van der Waals surface area contributed by atoms with Crippen LogP contribution in [0.25, 0.3) is 0 Å². The van der Waals surface area contributed by atoms with Gasteiger partial charge in [-0.1, -0.05) is 19.4 Å². The molecule has 0 unspecified atom stereocenters. The van der Waals surface area contributed by atoms with Crippen molar-refractivity contribution in [2.24, 2.45) is 0 Å². The standard InChI is InChI=1S/C10H20NO4P/c1-5-6-7-8-10(11-9(2)12)16(13,14-3)15-4/h8H,5-7H2,1-4H3,(H,11,12)/b10-8-. The number of nitrogens with one attached hydrogen (secondary N) is 1. The highest BCUT2D eigenvalue weighted by atomic mass is 31.2. The van der Waals surface area contributed by atoms with Crippen LogP contribution in [0.1, 0.15) is 33.1 Å². The largest absolute Gasteiger partial charge is 0.376 e. The summed E-state index contributed by atoms with van der Waals surface area (Å²) in [4.78, 5) is 11.0. The summed E-state index contributed by atoms with van der Waals surface area (Å²) in [5.74, 6) is -0.294. The molecule has 94 valence electrons. The first-order valence-electron chi connectivity index (χ1n) is 5.20. The molecule has 0 saturated heterocycles. The summed E-state index contributed by atoms with van der Waals surface area (Å²) >= 11 is 0. The molecule has 0 saturated carbocycles. The van der Waals surface area contributed by atoms with Gasteiger partial charge in [0.05, 0.1) is 0 Å². The van der Waals surface area contributed by atoms with Gasteiger partial charge in [0.1, 0.15) is 5.44 Å². The third kappa shape index (κ3) is 4.92. The quantitative estimate of drug-likeness (QED) is 0.556. The summed E-state index contributed by atoms with van der Waals surface area (Å²) in [7, 11) is -0.773. The van der Waals surface area contributed by atoms with E-state index in [4.69, 9.17) is 9.05 Å². The Labute approximate surface area is 96.7 Å². The lowest BCUT2D eigenvalue weighted by atomic mass is 10.2. The van der Waals surface area contributed by atoms with E-state index in [0.717, 1.165) is 19.3 Å². The molecule has 6 heteroatoms. The predicted octanol–water partition coefficient (Wildman–Crippen LogP) is 2.64. The van der Waals surface area contributed by atoms with Gasteiger partial charge in [0.2, 0.25) is 5.91 Å². The smallest absolute Gasteiger partial charge is 0.320 e. The molecule has 1 amide bonds. The van der Waals surface area contributed by atoms with Gasteiger partial charge in [0.15, 0.2) is 0 Å². The molecule has 0 fully saturated rings. The second kappa shape index (κ2) is 7.60. The van der Waals surface area contributed by atoms with Crippen molar-refractivity contribution in [2.75, 3.05) is 14.2 Å². The Morgan fingerprint density at radius 3 is 2.31 bits per heavy atom. The van der Waals surface area contributed by atoms with Crippen molar-refractivity contribution in [3.63, 3.8) is 0 Å². The average molecular weight is 249 g/mol. The number of carbonyl (C=O) groups excluding carboxylic acids is 1. The maximum atomic E-state index is 12.1. The molecule has 0 aliphatic rings. The molecule has 0 heterocycles. The maximum absolute atomic E-state index is 12.1. The Hall–Kier alpha value is -0.640. The predicted molar refractivity (Wildman–Crippen MR) is 63.0 cm³/mol. The van der Waals surface area contributed by atoms with E-state index in [-0.39, 0.29) is 11.3 Å². The zero-order chi connectivity index (χ0) is 12.6. The molecule has 1 N–H and O–H groups in total. The summed E-state index contributed by atoms with van der Waals surface area (Å²) in [5, 5.41) is 2.49. The summed E-state index contributed by atoms with van der Waals surface area (Å²) in [6, 6.07) is 0. The van der Waals surface area contributed by atoms with Crippen LogP contribution in [0, 0.1) is 0 Å². The van der Waals surface area contributed by atoms with E-state index < -0.39 is 7.60 Å². The number of allylic oxidation sites excluding steroid dienone is 1. The summed E-state index contributed by atoms with van der Waals surface area (Å²) < 4.78 is 21.7. The van der Waals surface area contributed by atoms with Gasteiger partial charge in [-0.05, 0) is 12.8 Å². The second-order valence-corrected chi connectivity index (χ2v) is 5.48. The molecule has 0 atom stereocenters. The maximum Gasteiger partial charge on any atom is 0.376 e. The molecule has 5 nitrogen and oxygen atoms in total. The van der Waals surface area contributed by atoms with E-state index in [9.17, 15) is 9.36 Å². The molecular formula is C10H20NO4P. The number of hydrogen-bond donors (Lipinski definition) is 1. The fourth-order valence-electron chi connectivity index (χ4n) is 1.13. The first-order valence-corrected chi connectivity index (χ1v) is 6.74. The van der Waals surface area contributed by atoms with Crippen LogP contribution in [0.3, 0.4) is 0 Å². The summed E-state index contributed by atoms with van der Waals surface area (Å²) in [5.41, 5.74) is 0.221. The molecule has 16 heavy (non-hydrogen) atoms. The first-order chi connectivity index (χ1) is 7.50. The Morgan fingerprint density at radius 2 is 1.94 bits per heavy atom. The van der Waals surface area contributed by atoms with Gasteiger partial charge < -0.3 is 14.4 Å². The van der Waals surface area contributed by atoms with E-state index in [1.165, 1.54) is 21.1 Å². The Kier molecular flexibility index (Phi) is 7.30. The topological polar surface area (TPSA) is 64.6 Å². The van der Waals surface area contributed by atoms with E-state index >= 15 is 0 Å². The third-order valence-corrected chi connectivity index (χ3v) is 3.82. The lowest BCUT2D eigenvalue weighted by Crippen LogP contribution is -2.20. The van der Waals surface area contributed by atoms with Crippen molar-refractivity contribution < 1.29 is 18.4 Å². The molecule has 0 aliphatic heterocycles. The SMILES string of the molecule is CCCC/C=C(/NC(C)=O)P(=O)(OC)OC. The van der Waals surface area contributed by atoms with Crippen LogP contribution >= 0.6 is 7.60 Å². The lowest BCUT2D eigenvalue weighted by Gasteiger charge is -2.17. The van der Waals surface area contributed by atoms with Crippen LogP contribution in [0.2, 0.25) is 0 Å². The van der Waals surface area contributed by atoms with Gasteiger partial charge in [-0.3, -0.25) is 9.36 Å². The molecule has 0 aromatic rings. The van der Waals surface area contributed by atoms with Crippen molar-refractivity contribution in [3.05, 3.63) is 11.5 Å². The monoisotopic (exact) mass is 249 g/mol. The van der Waals surface area contributed by atoms with Gasteiger partial charge in [-0.15, -0.1) is 0 Å². The van der Waals surface area contributed by atoms with Crippen molar-refractivity contribution >= 4 is 13.5 Å². The number of unbranched alkanes of at least 4 members (excludes halogenated alkanes) is 2. The van der Waals surface area contributed by atoms with E-state index in [2.05, 4.69) is 12.2 Å². The van der Waals surface area contributed by atoms with Crippen LogP contribution in [0.15, 0.2) is 11.5 Å².